The molecule has 88 valence electrons. The minimum absolute atomic E-state index is 0.586. The van der Waals surface area contributed by atoms with Gasteiger partial charge in [0.25, 0.3) is 0 Å². The maximum absolute atomic E-state index is 5.81. The molecule has 0 saturated carbocycles. The van der Waals surface area contributed by atoms with Crippen LogP contribution in [0.25, 0.3) is 11.1 Å². The fraction of sp³-hybridized carbons (Fsp3) is 0.250. The van der Waals surface area contributed by atoms with Gasteiger partial charge in [0.05, 0.1) is 0 Å². The number of aryl methyl sites for hydroxylation is 3. The Morgan fingerprint density at radius 3 is 2.18 bits per heavy atom. The minimum atomic E-state index is 0.586. The van der Waals surface area contributed by atoms with Crippen molar-refractivity contribution in [3.05, 3.63) is 58.7 Å². The van der Waals surface area contributed by atoms with Crippen molar-refractivity contribution in [2.75, 3.05) is 0 Å². The van der Waals surface area contributed by atoms with Crippen molar-refractivity contribution in [2.45, 2.75) is 27.3 Å². The summed E-state index contributed by atoms with van der Waals surface area (Å²) in [7, 11) is 0. The number of hydrogen-bond donors (Lipinski definition) is 1. The molecule has 0 aliphatic rings. The highest BCUT2D eigenvalue weighted by Gasteiger charge is 2.07. The maximum Gasteiger partial charge on any atom is 0.0184 e. The number of hydrogen-bond acceptors (Lipinski definition) is 1. The summed E-state index contributed by atoms with van der Waals surface area (Å²) in [5.41, 5.74) is 13.6. The summed E-state index contributed by atoms with van der Waals surface area (Å²) in [4.78, 5) is 0. The second kappa shape index (κ2) is 4.72. The van der Waals surface area contributed by atoms with Gasteiger partial charge in [-0.05, 0) is 54.2 Å². The van der Waals surface area contributed by atoms with E-state index in [0.29, 0.717) is 6.54 Å². The Morgan fingerprint density at radius 1 is 0.824 bits per heavy atom. The predicted molar refractivity (Wildman–Crippen MR) is 74.0 cm³/mol. The normalized spacial score (nSPS) is 10.6. The molecule has 0 atom stereocenters. The molecule has 2 rings (SSSR count). The summed E-state index contributed by atoms with van der Waals surface area (Å²) in [5, 5.41) is 0. The molecule has 0 unspecified atom stereocenters. The molecule has 0 aromatic heterocycles. The van der Waals surface area contributed by atoms with Gasteiger partial charge in [0, 0.05) is 6.54 Å². The van der Waals surface area contributed by atoms with Gasteiger partial charge in [-0.15, -0.1) is 0 Å². The lowest BCUT2D eigenvalue weighted by atomic mass is 9.92. The topological polar surface area (TPSA) is 26.0 Å². The number of nitrogens with two attached hydrogens (primary N) is 1. The van der Waals surface area contributed by atoms with E-state index in [2.05, 4.69) is 51.1 Å². The zero-order valence-corrected chi connectivity index (χ0v) is 10.7. The van der Waals surface area contributed by atoms with Crippen molar-refractivity contribution >= 4 is 0 Å². The lowest BCUT2D eigenvalue weighted by molar-refractivity contribution is 1.07. The lowest BCUT2D eigenvalue weighted by Crippen LogP contribution is -1.99. The van der Waals surface area contributed by atoms with Crippen molar-refractivity contribution in [2.24, 2.45) is 5.73 Å². The molecule has 0 amide bonds. The van der Waals surface area contributed by atoms with Crippen molar-refractivity contribution in [3.8, 4) is 11.1 Å². The molecule has 1 nitrogen and oxygen atoms in total. The van der Waals surface area contributed by atoms with E-state index in [1.807, 2.05) is 6.07 Å². The van der Waals surface area contributed by atoms with Crippen LogP contribution in [0.4, 0.5) is 0 Å². The Labute approximate surface area is 103 Å². The molecule has 0 aliphatic carbocycles. The number of benzene rings is 2. The molecule has 0 spiro atoms. The average Bonchev–Trinajstić information content (AvgIpc) is 2.34. The molecule has 2 aromatic rings. The highest BCUT2D eigenvalue weighted by atomic mass is 14.5. The Bertz CT molecular complexity index is 541. The van der Waals surface area contributed by atoms with Crippen LogP contribution in [-0.2, 0) is 6.54 Å². The van der Waals surface area contributed by atoms with Crippen LogP contribution in [0.5, 0.6) is 0 Å². The van der Waals surface area contributed by atoms with Gasteiger partial charge < -0.3 is 5.73 Å². The standard InChI is InChI=1S/C16H19N/c1-11-8-13(3)16(9-12(11)2)15-7-5-4-6-14(15)10-17/h4-9H,10,17H2,1-3H3. The first-order valence-electron chi connectivity index (χ1n) is 5.99. The first kappa shape index (κ1) is 11.9. The number of rotatable bonds is 2. The Hall–Kier alpha value is -1.60. The van der Waals surface area contributed by atoms with Gasteiger partial charge in [-0.1, -0.05) is 36.4 Å². The molecule has 17 heavy (non-hydrogen) atoms. The molecule has 0 saturated heterocycles. The average molecular weight is 225 g/mol. The summed E-state index contributed by atoms with van der Waals surface area (Å²) in [6.07, 6.45) is 0. The van der Waals surface area contributed by atoms with Gasteiger partial charge in [0.15, 0.2) is 0 Å². The van der Waals surface area contributed by atoms with E-state index in [9.17, 15) is 0 Å². The van der Waals surface area contributed by atoms with Crippen LogP contribution >= 0.6 is 0 Å². The van der Waals surface area contributed by atoms with Gasteiger partial charge in [-0.25, -0.2) is 0 Å². The van der Waals surface area contributed by atoms with E-state index in [0.717, 1.165) is 0 Å². The van der Waals surface area contributed by atoms with Crippen molar-refractivity contribution in [1.82, 2.24) is 0 Å². The maximum atomic E-state index is 5.81. The second-order valence-electron chi connectivity index (χ2n) is 4.61. The SMILES string of the molecule is Cc1cc(C)c(-c2ccccc2CN)cc1C. The first-order valence-corrected chi connectivity index (χ1v) is 5.99. The van der Waals surface area contributed by atoms with Gasteiger partial charge in [-0.2, -0.15) is 0 Å². The quantitative estimate of drug-likeness (QED) is 0.828. The van der Waals surface area contributed by atoms with Crippen molar-refractivity contribution < 1.29 is 0 Å². The fourth-order valence-electron chi connectivity index (χ4n) is 2.21. The summed E-state index contributed by atoms with van der Waals surface area (Å²) in [5.74, 6) is 0. The Balaban J connectivity index is 2.64. The Morgan fingerprint density at radius 2 is 1.47 bits per heavy atom. The van der Waals surface area contributed by atoms with Crippen LogP contribution in [0.3, 0.4) is 0 Å². The third kappa shape index (κ3) is 2.25. The van der Waals surface area contributed by atoms with E-state index in [1.165, 1.54) is 33.4 Å². The third-order valence-electron chi connectivity index (χ3n) is 3.37. The molecule has 0 radical (unpaired) electrons. The first-order chi connectivity index (χ1) is 8.13. The molecule has 0 heterocycles. The van der Waals surface area contributed by atoms with Crippen LogP contribution in [0.1, 0.15) is 22.3 Å². The van der Waals surface area contributed by atoms with Crippen LogP contribution in [0.2, 0.25) is 0 Å². The van der Waals surface area contributed by atoms with Crippen molar-refractivity contribution in [1.29, 1.82) is 0 Å². The van der Waals surface area contributed by atoms with E-state index in [1.54, 1.807) is 0 Å². The lowest BCUT2D eigenvalue weighted by Gasteiger charge is -2.13. The van der Waals surface area contributed by atoms with Crippen molar-refractivity contribution in [3.63, 3.8) is 0 Å². The van der Waals surface area contributed by atoms with Crippen LogP contribution in [0, 0.1) is 20.8 Å². The largest absolute Gasteiger partial charge is 0.326 e. The molecule has 0 bridgehead atoms. The highest BCUT2D eigenvalue weighted by Crippen LogP contribution is 2.28. The monoisotopic (exact) mass is 225 g/mol. The molecule has 0 aliphatic heterocycles. The molecule has 2 N–H and O–H groups in total. The zero-order chi connectivity index (χ0) is 12.4. The smallest absolute Gasteiger partial charge is 0.0184 e. The fourth-order valence-corrected chi connectivity index (χ4v) is 2.21. The predicted octanol–water partition coefficient (Wildman–Crippen LogP) is 3.74. The van der Waals surface area contributed by atoms with Gasteiger partial charge >= 0.3 is 0 Å². The zero-order valence-electron chi connectivity index (χ0n) is 10.7. The molecule has 2 aromatic carbocycles. The van der Waals surface area contributed by atoms with Crippen LogP contribution in [0.15, 0.2) is 36.4 Å². The second-order valence-corrected chi connectivity index (χ2v) is 4.61. The van der Waals surface area contributed by atoms with E-state index in [-0.39, 0.29) is 0 Å². The molecular formula is C16H19N. The molecule has 0 fully saturated rings. The third-order valence-corrected chi connectivity index (χ3v) is 3.37. The van der Waals surface area contributed by atoms with Gasteiger partial charge in [-0.3, -0.25) is 0 Å². The summed E-state index contributed by atoms with van der Waals surface area (Å²) >= 11 is 0. The highest BCUT2D eigenvalue weighted by molar-refractivity contribution is 5.71. The molecular weight excluding hydrogens is 206 g/mol. The van der Waals surface area contributed by atoms with Crippen LogP contribution in [-0.4, -0.2) is 0 Å². The van der Waals surface area contributed by atoms with Gasteiger partial charge in [0.1, 0.15) is 0 Å². The summed E-state index contributed by atoms with van der Waals surface area (Å²) in [6, 6.07) is 12.9. The van der Waals surface area contributed by atoms with E-state index in [4.69, 9.17) is 5.73 Å². The van der Waals surface area contributed by atoms with E-state index < -0.39 is 0 Å². The summed E-state index contributed by atoms with van der Waals surface area (Å²) < 4.78 is 0. The Kier molecular flexibility index (Phi) is 3.30. The van der Waals surface area contributed by atoms with Crippen LogP contribution < -0.4 is 5.73 Å². The summed E-state index contributed by atoms with van der Waals surface area (Å²) in [6.45, 7) is 7.06. The molecule has 1 heteroatoms. The minimum Gasteiger partial charge on any atom is -0.326 e. The van der Waals surface area contributed by atoms with Gasteiger partial charge in [0.2, 0.25) is 0 Å². The van der Waals surface area contributed by atoms with E-state index >= 15 is 0 Å².